The number of anilines is 1. The molecule has 10 heteroatoms. The zero-order valence-electron chi connectivity index (χ0n) is 20.4. The fourth-order valence-electron chi connectivity index (χ4n) is 3.41. The van der Waals surface area contributed by atoms with Crippen LogP contribution in [0.3, 0.4) is 0 Å². The van der Waals surface area contributed by atoms with Crippen LogP contribution in [-0.2, 0) is 21.4 Å². The molecule has 192 valence electrons. The first-order valence-corrected chi connectivity index (χ1v) is 14.0. The predicted octanol–water partition coefficient (Wildman–Crippen LogP) is 4.86. The molecule has 7 nitrogen and oxygen atoms in total. The molecule has 1 amide bonds. The molecule has 1 N–H and O–H groups in total. The first-order valence-electron chi connectivity index (χ1n) is 11.4. The van der Waals surface area contributed by atoms with E-state index in [1.165, 1.54) is 42.1 Å². The van der Waals surface area contributed by atoms with Gasteiger partial charge in [0, 0.05) is 11.4 Å². The number of carbonyl (C=O) groups excluding carboxylic acids is 1. The Morgan fingerprint density at radius 3 is 2.31 bits per heavy atom. The van der Waals surface area contributed by atoms with Crippen LogP contribution in [0.25, 0.3) is 0 Å². The van der Waals surface area contributed by atoms with Crippen LogP contribution in [0.2, 0.25) is 0 Å². The number of sulfonamides is 1. The van der Waals surface area contributed by atoms with E-state index in [0.29, 0.717) is 24.7 Å². The summed E-state index contributed by atoms with van der Waals surface area (Å²) >= 11 is 1.48. The van der Waals surface area contributed by atoms with Crippen molar-refractivity contribution in [3.8, 4) is 11.5 Å². The van der Waals surface area contributed by atoms with Gasteiger partial charge in [-0.05, 0) is 80.3 Å². The maximum atomic E-state index is 14.0. The van der Waals surface area contributed by atoms with Crippen LogP contribution in [0.15, 0.2) is 76.5 Å². The first kappa shape index (κ1) is 27.3. The monoisotopic (exact) mass is 532 g/mol. The second-order valence-electron chi connectivity index (χ2n) is 7.59. The third-order valence-electron chi connectivity index (χ3n) is 5.13. The summed E-state index contributed by atoms with van der Waals surface area (Å²) in [6.45, 7) is 4.30. The lowest BCUT2D eigenvalue weighted by atomic mass is 10.2. The minimum absolute atomic E-state index is 0.00484. The lowest BCUT2D eigenvalue weighted by Gasteiger charge is -2.24. The average Bonchev–Trinajstić information content (AvgIpc) is 2.87. The zero-order chi connectivity index (χ0) is 26.1. The standard InChI is InChI=1S/C26H29FN2O5S2/c1-4-33-24-14-9-19(15-25(24)34-5-2)17-28-26(30)18-29(21-8-6-7-20(27)16-21)36(31,32)23-12-10-22(35-3)11-13-23/h6-16H,4-5,17-18H2,1-3H3,(H,28,30). The zero-order valence-corrected chi connectivity index (χ0v) is 22.0. The van der Waals surface area contributed by atoms with Crippen LogP contribution >= 0.6 is 11.8 Å². The second kappa shape index (κ2) is 12.6. The van der Waals surface area contributed by atoms with Crippen LogP contribution in [-0.4, -0.2) is 40.3 Å². The van der Waals surface area contributed by atoms with Gasteiger partial charge in [-0.25, -0.2) is 12.8 Å². The largest absolute Gasteiger partial charge is 0.490 e. The SMILES string of the molecule is CCOc1ccc(CNC(=O)CN(c2cccc(F)c2)S(=O)(=O)c2ccc(SC)cc2)cc1OCC. The maximum absolute atomic E-state index is 14.0. The summed E-state index contributed by atoms with van der Waals surface area (Å²) in [5.41, 5.74) is 0.807. The van der Waals surface area contributed by atoms with Crippen molar-refractivity contribution >= 4 is 33.4 Å². The van der Waals surface area contributed by atoms with E-state index < -0.39 is 28.3 Å². The summed E-state index contributed by atoms with van der Waals surface area (Å²) < 4.78 is 53.0. The van der Waals surface area contributed by atoms with Crippen molar-refractivity contribution < 1.29 is 27.1 Å². The Kier molecular flexibility index (Phi) is 9.60. The molecule has 3 aromatic carbocycles. The van der Waals surface area contributed by atoms with E-state index >= 15 is 0 Å². The molecule has 36 heavy (non-hydrogen) atoms. The Hall–Kier alpha value is -3.24. The molecule has 0 saturated heterocycles. The number of nitrogens with one attached hydrogen (secondary N) is 1. The summed E-state index contributed by atoms with van der Waals surface area (Å²) in [6.07, 6.45) is 1.88. The third kappa shape index (κ3) is 6.92. The highest BCUT2D eigenvalue weighted by molar-refractivity contribution is 7.98. The van der Waals surface area contributed by atoms with E-state index in [1.54, 1.807) is 30.3 Å². The molecule has 0 spiro atoms. The van der Waals surface area contributed by atoms with E-state index in [9.17, 15) is 17.6 Å². The van der Waals surface area contributed by atoms with Gasteiger partial charge < -0.3 is 14.8 Å². The number of benzene rings is 3. The van der Waals surface area contributed by atoms with Gasteiger partial charge in [-0.1, -0.05) is 12.1 Å². The molecule has 3 aromatic rings. The molecule has 0 atom stereocenters. The Bertz CT molecular complexity index is 1280. The first-order chi connectivity index (χ1) is 17.3. The fraction of sp³-hybridized carbons (Fsp3) is 0.269. The molecule has 0 aliphatic rings. The van der Waals surface area contributed by atoms with Crippen molar-refractivity contribution in [2.45, 2.75) is 30.2 Å². The van der Waals surface area contributed by atoms with Gasteiger partial charge in [0.25, 0.3) is 10.0 Å². The fourth-order valence-corrected chi connectivity index (χ4v) is 5.23. The number of rotatable bonds is 12. The molecular formula is C26H29FN2O5S2. The van der Waals surface area contributed by atoms with E-state index in [1.807, 2.05) is 20.1 Å². The Labute approximate surface area is 215 Å². The highest BCUT2D eigenvalue weighted by Gasteiger charge is 2.27. The van der Waals surface area contributed by atoms with Gasteiger partial charge in [0.2, 0.25) is 5.91 Å². The summed E-state index contributed by atoms with van der Waals surface area (Å²) in [6, 6.07) is 16.8. The number of nitrogens with zero attached hydrogens (tertiary/aromatic N) is 1. The number of thioether (sulfide) groups is 1. The van der Waals surface area contributed by atoms with Gasteiger partial charge in [0.1, 0.15) is 12.4 Å². The molecule has 0 unspecified atom stereocenters. The number of ether oxygens (including phenoxy) is 2. The van der Waals surface area contributed by atoms with Crippen molar-refractivity contribution in [2.75, 3.05) is 30.3 Å². The molecule has 0 heterocycles. The van der Waals surface area contributed by atoms with Gasteiger partial charge in [-0.3, -0.25) is 9.10 Å². The molecule has 0 aromatic heterocycles. The van der Waals surface area contributed by atoms with Crippen LogP contribution in [0.5, 0.6) is 11.5 Å². The van der Waals surface area contributed by atoms with E-state index in [-0.39, 0.29) is 17.1 Å². The van der Waals surface area contributed by atoms with Gasteiger partial charge in [-0.2, -0.15) is 0 Å². The van der Waals surface area contributed by atoms with Gasteiger partial charge in [-0.15, -0.1) is 11.8 Å². The molecule has 0 fully saturated rings. The predicted molar refractivity (Wildman–Crippen MR) is 140 cm³/mol. The quantitative estimate of drug-likeness (QED) is 0.336. The van der Waals surface area contributed by atoms with Gasteiger partial charge in [0.15, 0.2) is 11.5 Å². The molecule has 0 aliphatic heterocycles. The van der Waals surface area contributed by atoms with Crippen molar-refractivity contribution in [2.24, 2.45) is 0 Å². The van der Waals surface area contributed by atoms with E-state index in [4.69, 9.17) is 9.47 Å². The minimum Gasteiger partial charge on any atom is -0.490 e. The topological polar surface area (TPSA) is 84.9 Å². The third-order valence-corrected chi connectivity index (χ3v) is 7.66. The highest BCUT2D eigenvalue weighted by atomic mass is 32.2. The Morgan fingerprint density at radius 2 is 1.67 bits per heavy atom. The maximum Gasteiger partial charge on any atom is 0.264 e. The number of halogens is 1. The molecule has 0 radical (unpaired) electrons. The lowest BCUT2D eigenvalue weighted by molar-refractivity contribution is -0.119. The van der Waals surface area contributed by atoms with Crippen molar-refractivity contribution in [1.29, 1.82) is 0 Å². The lowest BCUT2D eigenvalue weighted by Crippen LogP contribution is -2.40. The minimum atomic E-state index is -4.14. The van der Waals surface area contributed by atoms with E-state index in [0.717, 1.165) is 20.8 Å². The van der Waals surface area contributed by atoms with Crippen LogP contribution in [0.1, 0.15) is 19.4 Å². The number of hydrogen-bond acceptors (Lipinski definition) is 6. The number of amides is 1. The summed E-state index contributed by atoms with van der Waals surface area (Å²) in [5.74, 6) is 0.00754. The molecular weight excluding hydrogens is 503 g/mol. The van der Waals surface area contributed by atoms with Crippen molar-refractivity contribution in [3.05, 3.63) is 78.1 Å². The summed E-state index contributed by atoms with van der Waals surface area (Å²) in [7, 11) is -4.14. The van der Waals surface area contributed by atoms with Gasteiger partial charge >= 0.3 is 0 Å². The molecule has 0 bridgehead atoms. The van der Waals surface area contributed by atoms with Crippen LogP contribution in [0.4, 0.5) is 10.1 Å². The molecule has 0 aliphatic carbocycles. The molecule has 3 rings (SSSR count). The van der Waals surface area contributed by atoms with Crippen molar-refractivity contribution in [1.82, 2.24) is 5.32 Å². The number of carbonyl (C=O) groups is 1. The van der Waals surface area contributed by atoms with Crippen molar-refractivity contribution in [3.63, 3.8) is 0 Å². The Balaban J connectivity index is 1.81. The van der Waals surface area contributed by atoms with Crippen LogP contribution < -0.4 is 19.1 Å². The smallest absolute Gasteiger partial charge is 0.264 e. The summed E-state index contributed by atoms with van der Waals surface area (Å²) in [4.78, 5) is 13.8. The van der Waals surface area contributed by atoms with Gasteiger partial charge in [0.05, 0.1) is 23.8 Å². The molecule has 0 saturated carbocycles. The highest BCUT2D eigenvalue weighted by Crippen LogP contribution is 2.29. The number of hydrogen-bond donors (Lipinski definition) is 1. The average molecular weight is 533 g/mol. The normalized spacial score (nSPS) is 11.1. The Morgan fingerprint density at radius 1 is 0.972 bits per heavy atom. The second-order valence-corrected chi connectivity index (χ2v) is 10.3. The van der Waals surface area contributed by atoms with Crippen LogP contribution in [0, 0.1) is 5.82 Å². The summed E-state index contributed by atoms with van der Waals surface area (Å²) in [5, 5.41) is 2.74. The van der Waals surface area contributed by atoms with E-state index in [2.05, 4.69) is 5.32 Å².